The second-order valence-electron chi connectivity index (χ2n) is 3.38. The quantitative estimate of drug-likeness (QED) is 0.778. The molecule has 2 rings (SSSR count). The van der Waals surface area contributed by atoms with Crippen LogP contribution in [0.5, 0.6) is 0 Å². The van der Waals surface area contributed by atoms with Crippen molar-refractivity contribution in [1.29, 1.82) is 0 Å². The highest BCUT2D eigenvalue weighted by molar-refractivity contribution is 6.02. The molecule has 0 radical (unpaired) electrons. The Morgan fingerprint density at radius 2 is 2.11 bits per heavy atom. The first-order valence-corrected chi connectivity index (χ1v) is 5.21. The van der Waals surface area contributed by atoms with Crippen LogP contribution in [0, 0.1) is 11.8 Å². The first-order valence-electron chi connectivity index (χ1n) is 5.21. The summed E-state index contributed by atoms with van der Waals surface area (Å²) in [7, 11) is 0. The van der Waals surface area contributed by atoms with E-state index in [1.165, 1.54) is 12.3 Å². The van der Waals surface area contributed by atoms with Crippen molar-refractivity contribution in [3.63, 3.8) is 0 Å². The number of hydrogen-bond acceptors (Lipinski definition) is 4. The summed E-state index contributed by atoms with van der Waals surface area (Å²) in [5.74, 6) is 4.97. The molecule has 0 saturated heterocycles. The number of aliphatic hydroxyl groups excluding tert-OH is 1. The molecule has 1 heterocycles. The van der Waals surface area contributed by atoms with E-state index >= 15 is 0 Å². The van der Waals surface area contributed by atoms with Crippen LogP contribution in [0.4, 0.5) is 5.69 Å². The summed E-state index contributed by atoms with van der Waals surface area (Å²) in [6, 6.07) is 8.43. The van der Waals surface area contributed by atoms with E-state index in [9.17, 15) is 4.79 Å². The van der Waals surface area contributed by atoms with Crippen molar-refractivity contribution in [2.45, 2.75) is 0 Å². The molecule has 5 heteroatoms. The Morgan fingerprint density at radius 3 is 2.72 bits per heavy atom. The van der Waals surface area contributed by atoms with Crippen molar-refractivity contribution < 1.29 is 14.4 Å². The zero-order valence-electron chi connectivity index (χ0n) is 9.38. The van der Waals surface area contributed by atoms with Crippen LogP contribution in [-0.4, -0.2) is 22.8 Å². The molecule has 0 aliphatic rings. The predicted molar refractivity (Wildman–Crippen MR) is 64.9 cm³/mol. The number of benzene rings is 1. The standard InChI is InChI=1S/C13H10N2O3/c16-8-1-2-10-3-5-11(6-4-10)14-13(17)12-7-9-18-15-12/h3-7,9,16H,8H2,(H,14,17). The lowest BCUT2D eigenvalue weighted by molar-refractivity contribution is 0.101. The highest BCUT2D eigenvalue weighted by atomic mass is 16.5. The molecule has 0 atom stereocenters. The Kier molecular flexibility index (Phi) is 3.74. The number of amides is 1. The van der Waals surface area contributed by atoms with E-state index in [0.717, 1.165) is 5.56 Å². The summed E-state index contributed by atoms with van der Waals surface area (Å²) in [4.78, 5) is 11.6. The van der Waals surface area contributed by atoms with Crippen molar-refractivity contribution in [1.82, 2.24) is 5.16 Å². The summed E-state index contributed by atoms with van der Waals surface area (Å²) in [6.07, 6.45) is 1.34. The van der Waals surface area contributed by atoms with Gasteiger partial charge >= 0.3 is 0 Å². The van der Waals surface area contributed by atoms with Gasteiger partial charge in [-0.25, -0.2) is 0 Å². The number of anilines is 1. The van der Waals surface area contributed by atoms with Crippen LogP contribution in [0.1, 0.15) is 16.1 Å². The van der Waals surface area contributed by atoms with Gasteiger partial charge in [0.25, 0.3) is 5.91 Å². The zero-order valence-corrected chi connectivity index (χ0v) is 9.38. The fourth-order valence-electron chi connectivity index (χ4n) is 1.30. The molecule has 0 aliphatic heterocycles. The van der Waals surface area contributed by atoms with Gasteiger partial charge in [-0.15, -0.1) is 0 Å². The molecule has 1 aromatic heterocycles. The molecule has 0 saturated carbocycles. The third-order valence-electron chi connectivity index (χ3n) is 2.13. The minimum Gasteiger partial charge on any atom is -0.384 e. The van der Waals surface area contributed by atoms with Crippen molar-refractivity contribution in [3.05, 3.63) is 47.9 Å². The summed E-state index contributed by atoms with van der Waals surface area (Å²) in [6.45, 7) is -0.176. The van der Waals surface area contributed by atoms with Crippen LogP contribution < -0.4 is 5.32 Å². The number of hydrogen-bond donors (Lipinski definition) is 2. The molecule has 18 heavy (non-hydrogen) atoms. The highest BCUT2D eigenvalue weighted by Crippen LogP contribution is 2.10. The Labute approximate surface area is 103 Å². The van der Waals surface area contributed by atoms with Crippen molar-refractivity contribution in [3.8, 4) is 11.8 Å². The molecular weight excluding hydrogens is 232 g/mol. The largest absolute Gasteiger partial charge is 0.384 e. The maximum atomic E-state index is 11.6. The molecule has 2 aromatic rings. The first kappa shape index (κ1) is 11.9. The molecule has 1 aromatic carbocycles. The molecule has 5 nitrogen and oxygen atoms in total. The number of nitrogens with zero attached hydrogens (tertiary/aromatic N) is 1. The molecule has 0 aliphatic carbocycles. The van der Waals surface area contributed by atoms with Crippen molar-refractivity contribution in [2.75, 3.05) is 11.9 Å². The fourth-order valence-corrected chi connectivity index (χ4v) is 1.30. The van der Waals surface area contributed by atoms with Crippen molar-refractivity contribution in [2.24, 2.45) is 0 Å². The number of carbonyl (C=O) groups is 1. The van der Waals surface area contributed by atoms with E-state index in [1.807, 2.05) is 0 Å². The van der Waals surface area contributed by atoms with E-state index < -0.39 is 0 Å². The van der Waals surface area contributed by atoms with Gasteiger partial charge in [0.2, 0.25) is 0 Å². The van der Waals surface area contributed by atoms with E-state index in [2.05, 4.69) is 26.8 Å². The van der Waals surface area contributed by atoms with Gasteiger partial charge in [0, 0.05) is 17.3 Å². The monoisotopic (exact) mass is 242 g/mol. The summed E-state index contributed by atoms with van der Waals surface area (Å²) < 4.78 is 4.58. The maximum Gasteiger partial charge on any atom is 0.277 e. The third-order valence-corrected chi connectivity index (χ3v) is 2.13. The first-order chi connectivity index (χ1) is 8.79. The maximum absolute atomic E-state index is 11.6. The van der Waals surface area contributed by atoms with Crippen LogP contribution in [0.3, 0.4) is 0 Å². The topological polar surface area (TPSA) is 75.4 Å². The summed E-state index contributed by atoms with van der Waals surface area (Å²) >= 11 is 0. The van der Waals surface area contributed by atoms with Gasteiger partial charge < -0.3 is 14.9 Å². The molecule has 2 N–H and O–H groups in total. The van der Waals surface area contributed by atoms with Gasteiger partial charge in [-0.3, -0.25) is 4.79 Å². The molecule has 1 amide bonds. The van der Waals surface area contributed by atoms with Gasteiger partial charge in [-0.05, 0) is 24.3 Å². The zero-order chi connectivity index (χ0) is 12.8. The minimum atomic E-state index is -0.335. The van der Waals surface area contributed by atoms with Gasteiger partial charge in [0.1, 0.15) is 12.9 Å². The molecule has 0 fully saturated rings. The summed E-state index contributed by atoms with van der Waals surface area (Å²) in [5.41, 5.74) is 1.63. The Balaban J connectivity index is 2.04. The molecule has 0 bridgehead atoms. The average molecular weight is 242 g/mol. The van der Waals surface area contributed by atoms with Crippen LogP contribution in [-0.2, 0) is 0 Å². The minimum absolute atomic E-state index is 0.176. The van der Waals surface area contributed by atoms with Crippen LogP contribution in [0.25, 0.3) is 0 Å². The Morgan fingerprint density at radius 1 is 1.33 bits per heavy atom. The van der Waals surface area contributed by atoms with E-state index in [1.54, 1.807) is 24.3 Å². The van der Waals surface area contributed by atoms with Gasteiger partial charge in [0.15, 0.2) is 5.69 Å². The van der Waals surface area contributed by atoms with E-state index in [-0.39, 0.29) is 18.2 Å². The molecular formula is C13H10N2O3. The molecule has 0 spiro atoms. The highest BCUT2D eigenvalue weighted by Gasteiger charge is 2.08. The smallest absolute Gasteiger partial charge is 0.277 e. The Bertz CT molecular complexity index is 577. The lowest BCUT2D eigenvalue weighted by Crippen LogP contribution is -2.11. The summed E-state index contributed by atoms with van der Waals surface area (Å²) in [5, 5.41) is 14.8. The third kappa shape index (κ3) is 2.97. The molecule has 0 unspecified atom stereocenters. The number of carbonyl (C=O) groups excluding carboxylic acids is 1. The average Bonchev–Trinajstić information content (AvgIpc) is 2.92. The number of aromatic nitrogens is 1. The SMILES string of the molecule is O=C(Nc1ccc(C#CCO)cc1)c1ccon1. The fraction of sp³-hybridized carbons (Fsp3) is 0.0769. The van der Waals surface area contributed by atoms with Crippen LogP contribution in [0.2, 0.25) is 0 Å². The van der Waals surface area contributed by atoms with Crippen molar-refractivity contribution >= 4 is 11.6 Å². The lowest BCUT2D eigenvalue weighted by atomic mass is 10.2. The normalized spacial score (nSPS) is 9.39. The van der Waals surface area contributed by atoms with Gasteiger partial charge in [-0.1, -0.05) is 17.0 Å². The number of rotatable bonds is 2. The Hall–Kier alpha value is -2.58. The van der Waals surface area contributed by atoms with Crippen LogP contribution in [0.15, 0.2) is 41.1 Å². The van der Waals surface area contributed by atoms with E-state index in [4.69, 9.17) is 5.11 Å². The number of nitrogens with one attached hydrogen (secondary N) is 1. The number of aliphatic hydroxyl groups is 1. The second kappa shape index (κ2) is 5.66. The van der Waals surface area contributed by atoms with Crippen LogP contribution >= 0.6 is 0 Å². The van der Waals surface area contributed by atoms with E-state index in [0.29, 0.717) is 5.69 Å². The lowest BCUT2D eigenvalue weighted by Gasteiger charge is -2.02. The molecule has 90 valence electrons. The van der Waals surface area contributed by atoms with Gasteiger partial charge in [0.05, 0.1) is 0 Å². The van der Waals surface area contributed by atoms with Gasteiger partial charge in [-0.2, -0.15) is 0 Å². The predicted octanol–water partition coefficient (Wildman–Crippen LogP) is 1.27. The second-order valence-corrected chi connectivity index (χ2v) is 3.38.